The number of ether oxygens (including phenoxy) is 1. The molecule has 1 saturated carbocycles. The van der Waals surface area contributed by atoms with Crippen molar-refractivity contribution in [3.05, 3.63) is 94.8 Å². The maximum absolute atomic E-state index is 13.0. The minimum atomic E-state index is -0.254. The standard InChI is InChI=1S/C33H34N4O4/c1-22-2-6-24(7-3-22)31(38)25-16-18-37(19-17-25)33(40)26-8-15-30(35-21-26)32(39)36-27-9-13-29(14-10-27)41-28-11-4-23(20-34)5-12-28/h2-8,11-12,15,21,25,27,29H,9-10,13-14,16-19H2,1H3,(H,36,39). The molecule has 8 nitrogen and oxygen atoms in total. The molecule has 210 valence electrons. The highest BCUT2D eigenvalue weighted by Crippen LogP contribution is 2.25. The number of aromatic nitrogens is 1. The van der Waals surface area contributed by atoms with Crippen LogP contribution in [0, 0.1) is 24.2 Å². The molecule has 0 atom stereocenters. The SMILES string of the molecule is Cc1ccc(C(=O)C2CCN(C(=O)c3ccc(C(=O)NC4CCC(Oc5ccc(C#N)cc5)CC4)nc3)CC2)cc1. The zero-order valence-electron chi connectivity index (χ0n) is 23.2. The number of ketones is 1. The Morgan fingerprint density at radius 3 is 2.15 bits per heavy atom. The number of Topliss-reactive ketones (excluding diaryl/α,β-unsaturated/α-hetero) is 1. The molecule has 8 heteroatoms. The summed E-state index contributed by atoms with van der Waals surface area (Å²) in [6.45, 7) is 3.03. The highest BCUT2D eigenvalue weighted by atomic mass is 16.5. The number of pyridine rings is 1. The molecule has 2 heterocycles. The lowest BCUT2D eigenvalue weighted by Gasteiger charge is -2.31. The number of nitrogens with one attached hydrogen (secondary N) is 1. The molecule has 0 bridgehead atoms. The molecule has 0 spiro atoms. The topological polar surface area (TPSA) is 112 Å². The Hall–Kier alpha value is -4.51. The lowest BCUT2D eigenvalue weighted by atomic mass is 9.88. The summed E-state index contributed by atoms with van der Waals surface area (Å²) in [4.78, 5) is 44.7. The first kappa shape index (κ1) is 28.0. The molecule has 1 N–H and O–H groups in total. The Kier molecular flexibility index (Phi) is 8.73. The van der Waals surface area contributed by atoms with Gasteiger partial charge in [0.2, 0.25) is 0 Å². The molecule has 0 unspecified atom stereocenters. The molecule has 1 saturated heterocycles. The molecule has 1 aliphatic heterocycles. The van der Waals surface area contributed by atoms with Crippen LogP contribution in [0.1, 0.15) is 80.9 Å². The molecule has 0 radical (unpaired) electrons. The van der Waals surface area contributed by atoms with E-state index in [0.717, 1.165) is 42.6 Å². The first-order chi connectivity index (χ1) is 19.9. The molecular formula is C33H34N4O4. The van der Waals surface area contributed by atoms with Crippen molar-refractivity contribution < 1.29 is 19.1 Å². The van der Waals surface area contributed by atoms with Crippen molar-refractivity contribution in [2.24, 2.45) is 5.92 Å². The van der Waals surface area contributed by atoms with Gasteiger partial charge < -0.3 is 15.0 Å². The molecular weight excluding hydrogens is 516 g/mol. The Morgan fingerprint density at radius 1 is 0.878 bits per heavy atom. The number of hydrogen-bond acceptors (Lipinski definition) is 6. The Bertz CT molecular complexity index is 1410. The average molecular weight is 551 g/mol. The molecule has 1 aromatic heterocycles. The van der Waals surface area contributed by atoms with Gasteiger partial charge in [0.1, 0.15) is 11.4 Å². The van der Waals surface area contributed by atoms with E-state index in [0.29, 0.717) is 37.1 Å². The van der Waals surface area contributed by atoms with Crippen molar-refractivity contribution >= 4 is 17.6 Å². The molecule has 1 aliphatic carbocycles. The van der Waals surface area contributed by atoms with E-state index in [9.17, 15) is 14.4 Å². The van der Waals surface area contributed by atoms with E-state index in [1.165, 1.54) is 6.20 Å². The second-order valence-electron chi connectivity index (χ2n) is 10.9. The van der Waals surface area contributed by atoms with Gasteiger partial charge in [0, 0.05) is 36.8 Å². The van der Waals surface area contributed by atoms with Crippen molar-refractivity contribution in [2.75, 3.05) is 13.1 Å². The second kappa shape index (κ2) is 12.8. The third-order valence-corrected chi connectivity index (χ3v) is 8.03. The normalized spacial score (nSPS) is 19.2. The van der Waals surface area contributed by atoms with E-state index in [1.54, 1.807) is 29.2 Å². The van der Waals surface area contributed by atoms with E-state index in [4.69, 9.17) is 10.00 Å². The van der Waals surface area contributed by atoms with Crippen LogP contribution in [-0.4, -0.2) is 52.7 Å². The van der Waals surface area contributed by atoms with Crippen LogP contribution in [0.4, 0.5) is 0 Å². The van der Waals surface area contributed by atoms with Gasteiger partial charge in [-0.2, -0.15) is 5.26 Å². The third kappa shape index (κ3) is 6.98. The number of amides is 2. The molecule has 3 aromatic rings. The third-order valence-electron chi connectivity index (χ3n) is 8.03. The number of rotatable bonds is 7. The molecule has 2 aromatic carbocycles. The Balaban J connectivity index is 1.07. The summed E-state index contributed by atoms with van der Waals surface area (Å²) in [5, 5.41) is 12.0. The summed E-state index contributed by atoms with van der Waals surface area (Å²) in [5.74, 6) is 0.419. The smallest absolute Gasteiger partial charge is 0.270 e. The predicted octanol–water partition coefficient (Wildman–Crippen LogP) is 5.12. The highest BCUT2D eigenvalue weighted by Gasteiger charge is 2.29. The van der Waals surface area contributed by atoms with Gasteiger partial charge in [-0.25, -0.2) is 0 Å². The summed E-state index contributed by atoms with van der Waals surface area (Å²) >= 11 is 0. The van der Waals surface area contributed by atoms with Crippen LogP contribution in [0.25, 0.3) is 0 Å². The highest BCUT2D eigenvalue weighted by molar-refractivity contribution is 5.99. The van der Waals surface area contributed by atoms with Crippen molar-refractivity contribution in [1.29, 1.82) is 5.26 Å². The number of carbonyl (C=O) groups excluding carboxylic acids is 3. The largest absolute Gasteiger partial charge is 0.490 e. The summed E-state index contributed by atoms with van der Waals surface area (Å²) in [6.07, 6.45) is 6.03. The summed E-state index contributed by atoms with van der Waals surface area (Å²) in [6, 6.07) is 20.1. The van der Waals surface area contributed by atoms with Gasteiger partial charge in [-0.3, -0.25) is 19.4 Å². The molecule has 41 heavy (non-hydrogen) atoms. The first-order valence-electron chi connectivity index (χ1n) is 14.2. The van der Waals surface area contributed by atoms with Gasteiger partial charge in [-0.1, -0.05) is 29.8 Å². The lowest BCUT2D eigenvalue weighted by molar-refractivity contribution is 0.0649. The van der Waals surface area contributed by atoms with E-state index >= 15 is 0 Å². The van der Waals surface area contributed by atoms with Gasteiger partial charge in [-0.05, 0) is 81.8 Å². The summed E-state index contributed by atoms with van der Waals surface area (Å²) in [5.41, 5.74) is 3.16. The maximum Gasteiger partial charge on any atom is 0.270 e. The van der Waals surface area contributed by atoms with E-state index in [-0.39, 0.29) is 41.4 Å². The Morgan fingerprint density at radius 2 is 1.54 bits per heavy atom. The maximum atomic E-state index is 13.0. The fourth-order valence-corrected chi connectivity index (χ4v) is 5.52. The van der Waals surface area contributed by atoms with Crippen molar-refractivity contribution in [2.45, 2.75) is 57.6 Å². The minimum Gasteiger partial charge on any atom is -0.490 e. The van der Waals surface area contributed by atoms with Crippen LogP contribution in [0.15, 0.2) is 66.9 Å². The quantitative estimate of drug-likeness (QED) is 0.409. The number of carbonyl (C=O) groups is 3. The first-order valence-corrected chi connectivity index (χ1v) is 14.2. The van der Waals surface area contributed by atoms with Gasteiger partial charge in [-0.15, -0.1) is 0 Å². The zero-order valence-corrected chi connectivity index (χ0v) is 23.2. The molecule has 2 fully saturated rings. The van der Waals surface area contributed by atoms with E-state index in [2.05, 4.69) is 16.4 Å². The molecule has 5 rings (SSSR count). The predicted molar refractivity (Wildman–Crippen MR) is 154 cm³/mol. The second-order valence-corrected chi connectivity index (χ2v) is 10.9. The van der Waals surface area contributed by atoms with Crippen molar-refractivity contribution in [3.63, 3.8) is 0 Å². The summed E-state index contributed by atoms with van der Waals surface area (Å²) in [7, 11) is 0. The number of hydrogen-bond donors (Lipinski definition) is 1. The monoisotopic (exact) mass is 550 g/mol. The number of piperidine rings is 1. The average Bonchev–Trinajstić information content (AvgIpc) is 3.02. The molecule has 2 aliphatic rings. The number of aryl methyl sites for hydroxylation is 1. The van der Waals surface area contributed by atoms with Crippen LogP contribution >= 0.6 is 0 Å². The fourth-order valence-electron chi connectivity index (χ4n) is 5.52. The van der Waals surface area contributed by atoms with Gasteiger partial charge in [0.05, 0.1) is 23.3 Å². The Labute approximate surface area is 240 Å². The van der Waals surface area contributed by atoms with Crippen LogP contribution in [0.3, 0.4) is 0 Å². The number of nitrogens with zero attached hydrogens (tertiary/aromatic N) is 3. The van der Waals surface area contributed by atoms with Crippen LogP contribution in [-0.2, 0) is 0 Å². The zero-order chi connectivity index (χ0) is 28.8. The number of likely N-dealkylation sites (tertiary alicyclic amines) is 1. The number of benzene rings is 2. The van der Waals surface area contributed by atoms with Crippen molar-refractivity contribution in [3.8, 4) is 11.8 Å². The van der Waals surface area contributed by atoms with E-state index in [1.807, 2.05) is 43.3 Å². The van der Waals surface area contributed by atoms with E-state index < -0.39 is 0 Å². The lowest BCUT2D eigenvalue weighted by Crippen LogP contribution is -2.40. The van der Waals surface area contributed by atoms with Crippen LogP contribution in [0.2, 0.25) is 0 Å². The van der Waals surface area contributed by atoms with Gasteiger partial charge >= 0.3 is 0 Å². The van der Waals surface area contributed by atoms with Crippen LogP contribution < -0.4 is 10.1 Å². The molecule has 2 amide bonds. The van der Waals surface area contributed by atoms with Crippen molar-refractivity contribution in [1.82, 2.24) is 15.2 Å². The van der Waals surface area contributed by atoms with Crippen LogP contribution in [0.5, 0.6) is 5.75 Å². The minimum absolute atomic E-state index is 0.0374. The number of nitriles is 1. The van der Waals surface area contributed by atoms with Gasteiger partial charge in [0.15, 0.2) is 5.78 Å². The fraction of sp³-hybridized carbons (Fsp3) is 0.364. The van der Waals surface area contributed by atoms with Gasteiger partial charge in [0.25, 0.3) is 11.8 Å². The summed E-state index contributed by atoms with van der Waals surface area (Å²) < 4.78 is 6.03.